The van der Waals surface area contributed by atoms with E-state index in [-0.39, 0.29) is 21.9 Å². The topological polar surface area (TPSA) is 98.5 Å². The first kappa shape index (κ1) is 16.9. The van der Waals surface area contributed by atoms with Crippen molar-refractivity contribution in [2.75, 3.05) is 12.4 Å². The summed E-state index contributed by atoms with van der Waals surface area (Å²) in [4.78, 5) is 11.9. The Bertz CT molecular complexity index is 866. The van der Waals surface area contributed by atoms with E-state index in [2.05, 4.69) is 5.32 Å². The van der Waals surface area contributed by atoms with Crippen molar-refractivity contribution in [3.05, 3.63) is 53.3 Å². The van der Waals surface area contributed by atoms with Crippen LogP contribution >= 0.6 is 0 Å². The summed E-state index contributed by atoms with van der Waals surface area (Å²) in [5.41, 5.74) is 0.802. The average Bonchev–Trinajstić information content (AvgIpc) is 2.49. The standard InChI is InChI=1S/C15H15FN2O4S/c1-9-7-10(3-5-12(9)16)15(19)18-11-4-6-13(22-2)14(8-11)23(17,20)21/h3-8H,1-2H3,(H,18,19)(H2,17,20,21). The van der Waals surface area contributed by atoms with Crippen molar-refractivity contribution in [3.63, 3.8) is 0 Å². The Kier molecular flexibility index (Phi) is 4.67. The Morgan fingerprint density at radius 1 is 1.22 bits per heavy atom. The van der Waals surface area contributed by atoms with E-state index in [1.54, 1.807) is 6.92 Å². The number of primary sulfonamides is 1. The number of hydrogen-bond acceptors (Lipinski definition) is 4. The van der Waals surface area contributed by atoms with Gasteiger partial charge in [0.25, 0.3) is 5.91 Å². The van der Waals surface area contributed by atoms with Gasteiger partial charge >= 0.3 is 0 Å². The number of carbonyl (C=O) groups excluding carboxylic acids is 1. The van der Waals surface area contributed by atoms with Crippen molar-refractivity contribution in [2.24, 2.45) is 5.14 Å². The molecular weight excluding hydrogens is 323 g/mol. The molecule has 0 bridgehead atoms. The molecule has 0 heterocycles. The van der Waals surface area contributed by atoms with Gasteiger partial charge in [-0.1, -0.05) is 0 Å². The molecule has 0 aliphatic rings. The molecule has 0 spiro atoms. The van der Waals surface area contributed by atoms with Crippen LogP contribution in [0.15, 0.2) is 41.3 Å². The zero-order valence-corrected chi connectivity index (χ0v) is 13.3. The lowest BCUT2D eigenvalue weighted by atomic mass is 10.1. The van der Waals surface area contributed by atoms with Crippen LogP contribution in [0.1, 0.15) is 15.9 Å². The molecule has 2 aromatic rings. The quantitative estimate of drug-likeness (QED) is 0.891. The van der Waals surface area contributed by atoms with Crippen LogP contribution in [0.25, 0.3) is 0 Å². The summed E-state index contributed by atoms with van der Waals surface area (Å²) in [6.45, 7) is 1.54. The Labute approximate surface area is 133 Å². The second-order valence-electron chi connectivity index (χ2n) is 4.83. The molecule has 0 aromatic heterocycles. The summed E-state index contributed by atoms with van der Waals surface area (Å²) in [5, 5.41) is 7.65. The van der Waals surface area contributed by atoms with Gasteiger partial charge in [0.05, 0.1) is 7.11 Å². The van der Waals surface area contributed by atoms with E-state index in [4.69, 9.17) is 9.88 Å². The monoisotopic (exact) mass is 338 g/mol. The summed E-state index contributed by atoms with van der Waals surface area (Å²) < 4.78 is 41.3. The third kappa shape index (κ3) is 3.85. The molecule has 0 aliphatic heterocycles. The van der Waals surface area contributed by atoms with Crippen LogP contribution in [-0.4, -0.2) is 21.4 Å². The SMILES string of the molecule is COc1ccc(NC(=O)c2ccc(F)c(C)c2)cc1S(N)(=O)=O. The fourth-order valence-corrected chi connectivity index (χ4v) is 2.69. The third-order valence-corrected chi connectivity index (χ3v) is 4.08. The van der Waals surface area contributed by atoms with Gasteiger partial charge in [-0.25, -0.2) is 17.9 Å². The molecule has 122 valence electrons. The van der Waals surface area contributed by atoms with Crippen molar-refractivity contribution in [1.29, 1.82) is 0 Å². The number of hydrogen-bond donors (Lipinski definition) is 2. The fourth-order valence-electron chi connectivity index (χ4n) is 1.97. The number of aryl methyl sites for hydroxylation is 1. The molecule has 6 nitrogen and oxygen atoms in total. The number of sulfonamides is 1. The van der Waals surface area contributed by atoms with E-state index < -0.39 is 21.7 Å². The summed E-state index contributed by atoms with van der Waals surface area (Å²) in [6.07, 6.45) is 0. The lowest BCUT2D eigenvalue weighted by Gasteiger charge is -2.10. The summed E-state index contributed by atoms with van der Waals surface area (Å²) in [6, 6.07) is 7.97. The largest absolute Gasteiger partial charge is 0.495 e. The molecule has 0 saturated heterocycles. The summed E-state index contributed by atoms with van der Waals surface area (Å²) in [5.74, 6) is -0.843. The number of carbonyl (C=O) groups is 1. The van der Waals surface area contributed by atoms with Crippen molar-refractivity contribution in [2.45, 2.75) is 11.8 Å². The number of halogens is 1. The smallest absolute Gasteiger partial charge is 0.255 e. The van der Waals surface area contributed by atoms with E-state index in [0.717, 1.165) is 0 Å². The van der Waals surface area contributed by atoms with Crippen molar-refractivity contribution in [1.82, 2.24) is 0 Å². The van der Waals surface area contributed by atoms with Gasteiger partial charge in [0.1, 0.15) is 16.5 Å². The molecule has 23 heavy (non-hydrogen) atoms. The molecule has 0 fully saturated rings. The lowest BCUT2D eigenvalue weighted by molar-refractivity contribution is 0.102. The summed E-state index contributed by atoms with van der Waals surface area (Å²) >= 11 is 0. The minimum Gasteiger partial charge on any atom is -0.495 e. The number of anilines is 1. The summed E-state index contributed by atoms with van der Waals surface area (Å²) in [7, 11) is -2.70. The second kappa shape index (κ2) is 6.35. The Morgan fingerprint density at radius 3 is 2.48 bits per heavy atom. The van der Waals surface area contributed by atoms with Crippen LogP contribution in [0.4, 0.5) is 10.1 Å². The van der Waals surface area contributed by atoms with E-state index in [0.29, 0.717) is 5.56 Å². The van der Waals surface area contributed by atoms with Crippen LogP contribution in [0, 0.1) is 12.7 Å². The molecule has 8 heteroatoms. The maximum absolute atomic E-state index is 13.2. The van der Waals surface area contributed by atoms with Gasteiger partial charge in [0, 0.05) is 11.3 Å². The van der Waals surface area contributed by atoms with E-state index in [9.17, 15) is 17.6 Å². The molecule has 2 aromatic carbocycles. The van der Waals surface area contributed by atoms with Gasteiger partial charge in [-0.05, 0) is 48.9 Å². The highest BCUT2D eigenvalue weighted by Crippen LogP contribution is 2.26. The molecule has 0 aliphatic carbocycles. The first-order chi connectivity index (χ1) is 10.7. The molecule has 2 rings (SSSR count). The first-order valence-corrected chi connectivity index (χ1v) is 8.05. The maximum Gasteiger partial charge on any atom is 0.255 e. The van der Waals surface area contributed by atoms with Gasteiger partial charge in [-0.15, -0.1) is 0 Å². The molecule has 0 radical (unpaired) electrons. The van der Waals surface area contributed by atoms with Crippen LogP contribution in [0.5, 0.6) is 5.75 Å². The molecule has 0 unspecified atom stereocenters. The predicted molar refractivity (Wildman–Crippen MR) is 83.5 cm³/mol. The molecule has 0 atom stereocenters. The third-order valence-electron chi connectivity index (χ3n) is 3.15. The molecule has 1 amide bonds. The lowest BCUT2D eigenvalue weighted by Crippen LogP contribution is -2.16. The Morgan fingerprint density at radius 2 is 1.91 bits per heavy atom. The number of nitrogens with two attached hydrogens (primary N) is 1. The number of benzene rings is 2. The fraction of sp³-hybridized carbons (Fsp3) is 0.133. The minimum atomic E-state index is -4.01. The predicted octanol–water partition coefficient (Wildman–Crippen LogP) is 2.04. The van der Waals surface area contributed by atoms with E-state index in [1.165, 1.54) is 43.5 Å². The van der Waals surface area contributed by atoms with Crippen molar-refractivity contribution >= 4 is 21.6 Å². The number of methoxy groups -OCH3 is 1. The number of nitrogens with one attached hydrogen (secondary N) is 1. The van der Waals surface area contributed by atoms with Gasteiger partial charge in [-0.3, -0.25) is 4.79 Å². The van der Waals surface area contributed by atoms with Gasteiger partial charge in [-0.2, -0.15) is 0 Å². The van der Waals surface area contributed by atoms with Crippen LogP contribution in [0.2, 0.25) is 0 Å². The van der Waals surface area contributed by atoms with Crippen molar-refractivity contribution in [3.8, 4) is 5.75 Å². The zero-order chi connectivity index (χ0) is 17.2. The first-order valence-electron chi connectivity index (χ1n) is 6.50. The van der Waals surface area contributed by atoms with Gasteiger partial charge < -0.3 is 10.1 Å². The Hall–Kier alpha value is -2.45. The van der Waals surface area contributed by atoms with Gasteiger partial charge in [0.2, 0.25) is 10.0 Å². The van der Waals surface area contributed by atoms with Crippen LogP contribution in [-0.2, 0) is 10.0 Å². The van der Waals surface area contributed by atoms with E-state index >= 15 is 0 Å². The van der Waals surface area contributed by atoms with Gasteiger partial charge in [0.15, 0.2) is 0 Å². The molecule has 3 N–H and O–H groups in total. The molecular formula is C15H15FN2O4S. The molecule has 0 saturated carbocycles. The zero-order valence-electron chi connectivity index (χ0n) is 12.5. The van der Waals surface area contributed by atoms with Crippen LogP contribution < -0.4 is 15.2 Å². The van der Waals surface area contributed by atoms with E-state index in [1.807, 2.05) is 0 Å². The normalized spacial score (nSPS) is 11.1. The highest BCUT2D eigenvalue weighted by Gasteiger charge is 2.17. The number of ether oxygens (including phenoxy) is 1. The average molecular weight is 338 g/mol. The Balaban J connectivity index is 2.33. The highest BCUT2D eigenvalue weighted by molar-refractivity contribution is 7.89. The number of amides is 1. The second-order valence-corrected chi connectivity index (χ2v) is 6.36. The minimum absolute atomic E-state index is 0.0723. The van der Waals surface area contributed by atoms with Crippen LogP contribution in [0.3, 0.4) is 0 Å². The van der Waals surface area contributed by atoms with Crippen molar-refractivity contribution < 1.29 is 22.3 Å². The maximum atomic E-state index is 13.2. The number of rotatable bonds is 4. The highest BCUT2D eigenvalue weighted by atomic mass is 32.2.